The van der Waals surface area contributed by atoms with Crippen molar-refractivity contribution in [1.29, 1.82) is 0 Å². The third kappa shape index (κ3) is 6.31. The van der Waals surface area contributed by atoms with Crippen LogP contribution >= 0.6 is 24.0 Å². The molecule has 2 aliphatic heterocycles. The van der Waals surface area contributed by atoms with Gasteiger partial charge in [0.05, 0.1) is 18.8 Å². The highest BCUT2D eigenvalue weighted by molar-refractivity contribution is 6.31. The Hall–Kier alpha value is -2.88. The molecule has 2 fully saturated rings. The maximum Gasteiger partial charge on any atom is 0.341 e. The highest BCUT2D eigenvalue weighted by atomic mass is 35.5. The molecule has 1 atom stereocenters. The van der Waals surface area contributed by atoms with Gasteiger partial charge in [0.1, 0.15) is 11.3 Å². The number of piperazine rings is 1. The lowest BCUT2D eigenvalue weighted by Gasteiger charge is -2.36. The van der Waals surface area contributed by atoms with Crippen LogP contribution in [-0.4, -0.2) is 61.6 Å². The molecule has 2 saturated heterocycles. The molecular formula is C28H33Cl2F2N5O2. The van der Waals surface area contributed by atoms with Crippen molar-refractivity contribution in [2.45, 2.75) is 32.2 Å². The van der Waals surface area contributed by atoms with Gasteiger partial charge in [-0.05, 0) is 49.6 Å². The van der Waals surface area contributed by atoms with Gasteiger partial charge in [0.2, 0.25) is 0 Å². The lowest BCUT2D eigenvalue weighted by atomic mass is 9.99. The number of piperidine rings is 1. The summed E-state index contributed by atoms with van der Waals surface area (Å²) in [6.07, 6.45) is -0.183. The molecule has 0 aliphatic carbocycles. The maximum absolute atomic E-state index is 14.1. The summed E-state index contributed by atoms with van der Waals surface area (Å²) in [5.41, 5.74) is 3.68. The minimum Gasteiger partial charge on any atom is -0.462 e. The summed E-state index contributed by atoms with van der Waals surface area (Å²) in [6, 6.07) is 14.0. The van der Waals surface area contributed by atoms with Crippen molar-refractivity contribution in [2.75, 3.05) is 55.7 Å². The summed E-state index contributed by atoms with van der Waals surface area (Å²) in [5, 5.41) is 8.21. The molecular weight excluding hydrogens is 547 g/mol. The van der Waals surface area contributed by atoms with E-state index in [2.05, 4.69) is 44.5 Å². The Morgan fingerprint density at radius 1 is 1.13 bits per heavy atom. The first-order valence-corrected chi connectivity index (χ1v) is 13.5. The molecule has 5 rings (SSSR count). The highest BCUT2D eigenvalue weighted by Crippen LogP contribution is 2.38. The third-order valence-corrected chi connectivity index (χ3v) is 7.47. The van der Waals surface area contributed by atoms with Crippen LogP contribution in [0.2, 0.25) is 5.02 Å². The lowest BCUT2D eigenvalue weighted by Crippen LogP contribution is -2.43. The van der Waals surface area contributed by atoms with Crippen LogP contribution < -0.4 is 15.1 Å². The van der Waals surface area contributed by atoms with Crippen LogP contribution in [0.25, 0.3) is 11.1 Å². The molecule has 3 aromatic rings. The molecule has 210 valence electrons. The Kier molecular flexibility index (Phi) is 9.69. The molecule has 7 nitrogen and oxygen atoms in total. The van der Waals surface area contributed by atoms with Crippen molar-refractivity contribution in [3.8, 4) is 11.1 Å². The first kappa shape index (κ1) is 29.1. The average molecular weight is 581 g/mol. The average Bonchev–Trinajstić information content (AvgIpc) is 3.40. The highest BCUT2D eigenvalue weighted by Gasteiger charge is 2.32. The van der Waals surface area contributed by atoms with Gasteiger partial charge < -0.3 is 19.9 Å². The number of nitrogens with one attached hydrogen (secondary N) is 1. The molecule has 1 unspecified atom stereocenters. The molecule has 0 radical (unpaired) electrons. The molecule has 0 bridgehead atoms. The van der Waals surface area contributed by atoms with Crippen LogP contribution in [0.3, 0.4) is 0 Å². The van der Waals surface area contributed by atoms with Gasteiger partial charge in [0.25, 0.3) is 6.43 Å². The van der Waals surface area contributed by atoms with Crippen LogP contribution in [0.15, 0.2) is 48.7 Å². The zero-order valence-electron chi connectivity index (χ0n) is 21.8. The first-order valence-electron chi connectivity index (χ1n) is 13.1. The number of carbonyl (C=O) groups excluding carboxylic acids is 1. The van der Waals surface area contributed by atoms with E-state index in [0.29, 0.717) is 18.0 Å². The summed E-state index contributed by atoms with van der Waals surface area (Å²) in [6.45, 7) is 6.89. The van der Waals surface area contributed by atoms with Crippen LogP contribution in [0.1, 0.15) is 48.3 Å². The van der Waals surface area contributed by atoms with Crippen LogP contribution in [0, 0.1) is 0 Å². The normalized spacial score (nSPS) is 17.7. The fourth-order valence-electron chi connectivity index (χ4n) is 5.40. The number of hydrogen-bond donors (Lipinski definition) is 1. The third-order valence-electron chi connectivity index (χ3n) is 7.24. The quantitative estimate of drug-likeness (QED) is 0.347. The smallest absolute Gasteiger partial charge is 0.341 e. The zero-order valence-corrected chi connectivity index (χ0v) is 23.4. The number of carbonyl (C=O) groups is 1. The minimum atomic E-state index is -2.84. The molecule has 2 aliphatic rings. The number of esters is 1. The summed E-state index contributed by atoms with van der Waals surface area (Å²) in [5.74, 6) is -0.775. The summed E-state index contributed by atoms with van der Waals surface area (Å²) in [4.78, 5) is 16.8. The molecule has 11 heteroatoms. The second kappa shape index (κ2) is 13.0. The Bertz CT molecular complexity index is 1270. The largest absolute Gasteiger partial charge is 0.462 e. The van der Waals surface area contributed by atoms with E-state index in [0.717, 1.165) is 56.0 Å². The molecule has 39 heavy (non-hydrogen) atoms. The summed E-state index contributed by atoms with van der Waals surface area (Å²) >= 11 is 6.43. The van der Waals surface area contributed by atoms with E-state index in [-0.39, 0.29) is 36.3 Å². The number of benzene rings is 2. The Morgan fingerprint density at radius 3 is 2.56 bits per heavy atom. The van der Waals surface area contributed by atoms with Gasteiger partial charge in [0, 0.05) is 61.2 Å². The fourth-order valence-corrected chi connectivity index (χ4v) is 5.57. The number of ether oxygens (including phenoxy) is 1. The van der Waals surface area contributed by atoms with Crippen molar-refractivity contribution >= 4 is 41.4 Å². The van der Waals surface area contributed by atoms with Gasteiger partial charge in [-0.15, -0.1) is 12.4 Å². The number of anilines is 2. The Labute approximate surface area is 238 Å². The molecule has 0 spiro atoms. The maximum atomic E-state index is 14.1. The predicted molar refractivity (Wildman–Crippen MR) is 153 cm³/mol. The van der Waals surface area contributed by atoms with Gasteiger partial charge in [-0.25, -0.2) is 13.6 Å². The first-order chi connectivity index (χ1) is 18.5. The monoisotopic (exact) mass is 579 g/mol. The van der Waals surface area contributed by atoms with Gasteiger partial charge in [-0.1, -0.05) is 29.8 Å². The number of hydrogen-bond acceptors (Lipinski definition) is 6. The van der Waals surface area contributed by atoms with E-state index >= 15 is 0 Å². The molecule has 1 aromatic heterocycles. The molecule has 0 saturated carbocycles. The molecule has 1 N–H and O–H groups in total. The second-order valence-corrected chi connectivity index (χ2v) is 10.0. The van der Waals surface area contributed by atoms with Crippen molar-refractivity contribution < 1.29 is 18.3 Å². The number of aromatic nitrogens is 2. The minimum absolute atomic E-state index is 0. The summed E-state index contributed by atoms with van der Waals surface area (Å²) < 4.78 is 34.5. The van der Waals surface area contributed by atoms with Crippen molar-refractivity contribution in [1.82, 2.24) is 15.1 Å². The van der Waals surface area contributed by atoms with E-state index in [1.807, 2.05) is 18.2 Å². The van der Waals surface area contributed by atoms with Crippen LogP contribution in [0.5, 0.6) is 0 Å². The van der Waals surface area contributed by atoms with Crippen molar-refractivity contribution in [3.63, 3.8) is 0 Å². The lowest BCUT2D eigenvalue weighted by molar-refractivity contribution is 0.0512. The fraction of sp³-hybridized carbons (Fsp3) is 0.429. The number of alkyl halides is 2. The Balaban J connectivity index is 0.00000353. The van der Waals surface area contributed by atoms with Crippen LogP contribution in [0.4, 0.5) is 20.2 Å². The Morgan fingerprint density at radius 2 is 1.87 bits per heavy atom. The topological polar surface area (TPSA) is 62.6 Å². The summed E-state index contributed by atoms with van der Waals surface area (Å²) in [7, 11) is 0. The predicted octanol–water partition coefficient (Wildman–Crippen LogP) is 5.99. The van der Waals surface area contributed by atoms with Gasteiger partial charge >= 0.3 is 5.97 Å². The van der Waals surface area contributed by atoms with Gasteiger partial charge in [-0.3, -0.25) is 4.68 Å². The number of rotatable bonds is 7. The van der Waals surface area contributed by atoms with Gasteiger partial charge in [-0.2, -0.15) is 5.10 Å². The second-order valence-electron chi connectivity index (χ2n) is 9.60. The SMILES string of the molecule is CCOC(=O)c1cnn(C2CCCN(c3cc(Cl)ccc3-c3ccc(N4CCNCC4)cc3)C2)c1C(F)F.Cl. The molecule has 0 amide bonds. The number of nitrogens with zero attached hydrogens (tertiary/aromatic N) is 4. The van der Waals surface area contributed by atoms with Crippen LogP contribution in [-0.2, 0) is 4.74 Å². The zero-order chi connectivity index (χ0) is 26.6. The van der Waals surface area contributed by atoms with E-state index in [4.69, 9.17) is 16.3 Å². The van der Waals surface area contributed by atoms with E-state index in [9.17, 15) is 13.6 Å². The number of halogens is 4. The van der Waals surface area contributed by atoms with Gasteiger partial charge in [0.15, 0.2) is 0 Å². The van der Waals surface area contributed by atoms with E-state index in [1.54, 1.807) is 6.92 Å². The van der Waals surface area contributed by atoms with Crippen molar-refractivity contribution in [3.05, 3.63) is 64.9 Å². The van der Waals surface area contributed by atoms with E-state index in [1.165, 1.54) is 16.6 Å². The van der Waals surface area contributed by atoms with Crippen molar-refractivity contribution in [2.24, 2.45) is 0 Å². The van der Waals surface area contributed by atoms with E-state index < -0.39 is 12.4 Å². The standard InChI is InChI=1S/C28H32ClF2N5O2.ClH/c1-2-38-28(37)24-17-33-36(26(24)27(30)31)22-4-3-13-35(18-22)25-16-20(29)7-10-23(25)19-5-8-21(9-6-19)34-14-11-32-12-15-34;/h5-10,16-17,22,27,32H,2-4,11-15,18H2,1H3;1H. The molecule has 2 aromatic carbocycles. The molecule has 3 heterocycles.